The number of nitrogens with zero attached hydrogens (tertiary/aromatic N) is 2. The Morgan fingerprint density at radius 1 is 1.20 bits per heavy atom. The second kappa shape index (κ2) is 12.8. The van der Waals surface area contributed by atoms with Gasteiger partial charge in [0.05, 0.1) is 25.4 Å². The first-order valence-corrected chi connectivity index (χ1v) is 9.46. The molecule has 2 N–H and O–H groups in total. The third-order valence-electron chi connectivity index (χ3n) is 3.89. The van der Waals surface area contributed by atoms with Crippen LogP contribution in [0.3, 0.4) is 0 Å². The average molecular weight is 540 g/mol. The van der Waals surface area contributed by atoms with E-state index in [-0.39, 0.29) is 30.6 Å². The van der Waals surface area contributed by atoms with Gasteiger partial charge in [0, 0.05) is 12.6 Å². The minimum Gasteiger partial charge on any atom is -0.367 e. The molecule has 1 aromatic carbocycles. The number of hydrogen-bond acceptors (Lipinski definition) is 4. The molecule has 10 heteroatoms. The quantitative estimate of drug-likeness (QED) is 0.273. The van der Waals surface area contributed by atoms with Crippen LogP contribution in [-0.2, 0) is 24.4 Å². The number of aliphatic imine (C=N–C) groups is 1. The fourth-order valence-electron chi connectivity index (χ4n) is 2.47. The summed E-state index contributed by atoms with van der Waals surface area (Å²) in [7, 11) is 0. The Morgan fingerprint density at radius 2 is 1.93 bits per heavy atom. The molecular weight excluding hydrogens is 512 g/mol. The molecule has 0 aliphatic heterocycles. The van der Waals surface area contributed by atoms with Gasteiger partial charge in [-0.25, -0.2) is 4.99 Å². The second-order valence-corrected chi connectivity index (χ2v) is 6.85. The van der Waals surface area contributed by atoms with Gasteiger partial charge in [0.1, 0.15) is 6.61 Å². The summed E-state index contributed by atoms with van der Waals surface area (Å²) in [6.45, 7) is 6.19. The van der Waals surface area contributed by atoms with E-state index in [0.717, 1.165) is 11.3 Å². The van der Waals surface area contributed by atoms with Crippen LogP contribution in [0.4, 0.5) is 13.2 Å². The summed E-state index contributed by atoms with van der Waals surface area (Å²) in [5, 5.41) is 10.4. The number of alkyl halides is 3. The number of halogens is 4. The molecule has 0 radical (unpaired) electrons. The predicted molar refractivity (Wildman–Crippen MR) is 120 cm³/mol. The highest BCUT2D eigenvalue weighted by Crippen LogP contribution is 2.16. The van der Waals surface area contributed by atoms with Crippen molar-refractivity contribution in [3.8, 4) is 0 Å². The van der Waals surface area contributed by atoms with Gasteiger partial charge in [0.2, 0.25) is 0 Å². The SMILES string of the molecule is CCNC(=NCc1cccc(COCC(F)(F)F)c1)NCc1cc(C(C)C)no1.I. The van der Waals surface area contributed by atoms with Crippen LogP contribution in [0.5, 0.6) is 0 Å². The Balaban J connectivity index is 0.00000450. The fraction of sp³-hybridized carbons (Fsp3) is 0.500. The monoisotopic (exact) mass is 540 g/mol. The molecule has 2 aromatic rings. The molecule has 0 unspecified atom stereocenters. The Kier molecular flexibility index (Phi) is 11.2. The van der Waals surface area contributed by atoms with Gasteiger partial charge in [-0.15, -0.1) is 24.0 Å². The molecule has 0 amide bonds. The first-order valence-electron chi connectivity index (χ1n) is 9.46. The van der Waals surface area contributed by atoms with Crippen LogP contribution in [0, 0.1) is 0 Å². The highest BCUT2D eigenvalue weighted by molar-refractivity contribution is 14.0. The van der Waals surface area contributed by atoms with Crippen LogP contribution in [0.25, 0.3) is 0 Å². The van der Waals surface area contributed by atoms with Crippen molar-refractivity contribution < 1.29 is 22.4 Å². The van der Waals surface area contributed by atoms with Crippen molar-refractivity contribution in [1.82, 2.24) is 15.8 Å². The van der Waals surface area contributed by atoms with E-state index in [9.17, 15) is 13.2 Å². The zero-order valence-corrected chi connectivity index (χ0v) is 19.6. The first kappa shape index (κ1) is 26.2. The van der Waals surface area contributed by atoms with Crippen LogP contribution >= 0.6 is 24.0 Å². The van der Waals surface area contributed by atoms with E-state index in [4.69, 9.17) is 9.26 Å². The molecule has 0 aliphatic rings. The molecule has 1 aromatic heterocycles. The van der Waals surface area contributed by atoms with Crippen LogP contribution in [-0.4, -0.2) is 30.4 Å². The lowest BCUT2D eigenvalue weighted by Crippen LogP contribution is -2.36. The minimum atomic E-state index is -4.33. The maximum absolute atomic E-state index is 12.2. The first-order chi connectivity index (χ1) is 13.8. The second-order valence-electron chi connectivity index (χ2n) is 6.85. The summed E-state index contributed by atoms with van der Waals surface area (Å²) >= 11 is 0. The van der Waals surface area contributed by atoms with Gasteiger partial charge in [-0.05, 0) is 24.0 Å². The van der Waals surface area contributed by atoms with E-state index in [2.05, 4.69) is 20.8 Å². The zero-order chi connectivity index (χ0) is 21.3. The maximum Gasteiger partial charge on any atom is 0.411 e. The minimum absolute atomic E-state index is 0. The standard InChI is InChI=1S/C20H27F3N4O2.HI/c1-4-24-19(26-11-17-9-18(14(2)3)27-29-17)25-10-15-6-5-7-16(8-15)12-28-13-20(21,22)23;/h5-9,14H,4,10-13H2,1-3H3,(H2,24,25,26);1H. The number of rotatable bonds is 9. The largest absolute Gasteiger partial charge is 0.411 e. The molecule has 0 atom stereocenters. The summed E-state index contributed by atoms with van der Waals surface area (Å²) in [4.78, 5) is 4.51. The number of nitrogens with one attached hydrogen (secondary N) is 2. The lowest BCUT2D eigenvalue weighted by atomic mass is 10.1. The third-order valence-corrected chi connectivity index (χ3v) is 3.89. The van der Waals surface area contributed by atoms with E-state index >= 15 is 0 Å². The van der Waals surface area contributed by atoms with E-state index in [0.29, 0.717) is 42.8 Å². The zero-order valence-electron chi connectivity index (χ0n) is 17.3. The van der Waals surface area contributed by atoms with E-state index < -0.39 is 12.8 Å². The van der Waals surface area contributed by atoms with Crippen molar-refractivity contribution in [2.75, 3.05) is 13.2 Å². The summed E-state index contributed by atoms with van der Waals surface area (Å²) in [6.07, 6.45) is -4.33. The number of benzene rings is 1. The van der Waals surface area contributed by atoms with Gasteiger partial charge < -0.3 is 19.9 Å². The van der Waals surface area contributed by atoms with Gasteiger partial charge in [0.15, 0.2) is 11.7 Å². The Hall–Kier alpha value is -1.82. The normalized spacial score (nSPS) is 12.0. The molecule has 0 saturated heterocycles. The summed E-state index contributed by atoms with van der Waals surface area (Å²) in [5.74, 6) is 1.61. The molecular formula is C20H28F3IN4O2. The molecule has 0 fully saturated rings. The van der Waals surface area contributed by atoms with Gasteiger partial charge in [-0.2, -0.15) is 13.2 Å². The molecule has 0 bridgehead atoms. The maximum atomic E-state index is 12.2. The predicted octanol–water partition coefficient (Wildman–Crippen LogP) is 4.75. The van der Waals surface area contributed by atoms with Gasteiger partial charge >= 0.3 is 6.18 Å². The average Bonchev–Trinajstić information content (AvgIpc) is 3.13. The topological polar surface area (TPSA) is 71.7 Å². The summed E-state index contributed by atoms with van der Waals surface area (Å²) in [5.41, 5.74) is 2.44. The molecule has 0 spiro atoms. The van der Waals surface area contributed by atoms with Crippen LogP contribution in [0.2, 0.25) is 0 Å². The molecule has 30 heavy (non-hydrogen) atoms. The Morgan fingerprint density at radius 3 is 2.57 bits per heavy atom. The molecule has 168 valence electrons. The van der Waals surface area contributed by atoms with E-state index in [1.807, 2.05) is 32.9 Å². The van der Waals surface area contributed by atoms with Gasteiger partial charge in [0.25, 0.3) is 0 Å². The van der Waals surface area contributed by atoms with Crippen LogP contribution in [0.15, 0.2) is 39.8 Å². The fourth-order valence-corrected chi connectivity index (χ4v) is 2.47. The number of ether oxygens (including phenoxy) is 1. The Bertz CT molecular complexity index is 794. The number of guanidine groups is 1. The molecule has 0 saturated carbocycles. The molecule has 2 rings (SSSR count). The van der Waals surface area contributed by atoms with Crippen molar-refractivity contribution in [1.29, 1.82) is 0 Å². The van der Waals surface area contributed by atoms with Crippen molar-refractivity contribution in [3.05, 3.63) is 52.9 Å². The van der Waals surface area contributed by atoms with Crippen molar-refractivity contribution in [2.45, 2.75) is 52.6 Å². The van der Waals surface area contributed by atoms with Gasteiger partial charge in [-0.3, -0.25) is 0 Å². The Labute approximate surface area is 191 Å². The van der Waals surface area contributed by atoms with Crippen LogP contribution in [0.1, 0.15) is 49.3 Å². The van der Waals surface area contributed by atoms with E-state index in [1.165, 1.54) is 0 Å². The van der Waals surface area contributed by atoms with Crippen molar-refractivity contribution in [3.63, 3.8) is 0 Å². The summed E-state index contributed by atoms with van der Waals surface area (Å²) in [6, 6.07) is 9.06. The molecule has 1 heterocycles. The number of aromatic nitrogens is 1. The van der Waals surface area contributed by atoms with Crippen LogP contribution < -0.4 is 10.6 Å². The summed E-state index contributed by atoms with van der Waals surface area (Å²) < 4.78 is 46.6. The third kappa shape index (κ3) is 9.79. The molecule has 6 nitrogen and oxygen atoms in total. The molecule has 0 aliphatic carbocycles. The lowest BCUT2D eigenvalue weighted by molar-refractivity contribution is -0.176. The van der Waals surface area contributed by atoms with Gasteiger partial charge in [-0.1, -0.05) is 43.3 Å². The number of hydrogen-bond donors (Lipinski definition) is 2. The highest BCUT2D eigenvalue weighted by atomic mass is 127. The highest BCUT2D eigenvalue weighted by Gasteiger charge is 2.27. The smallest absolute Gasteiger partial charge is 0.367 e. The lowest BCUT2D eigenvalue weighted by Gasteiger charge is -2.11. The van der Waals surface area contributed by atoms with Crippen molar-refractivity contribution >= 4 is 29.9 Å². The van der Waals surface area contributed by atoms with E-state index in [1.54, 1.807) is 18.2 Å². The van der Waals surface area contributed by atoms with Crippen molar-refractivity contribution in [2.24, 2.45) is 4.99 Å².